The summed E-state index contributed by atoms with van der Waals surface area (Å²) in [5, 5.41) is 38.3. The monoisotopic (exact) mass is 322 g/mol. The molecule has 1 fully saturated rings. The molecule has 6 N–H and O–H groups in total. The van der Waals surface area contributed by atoms with Crippen LogP contribution in [0.25, 0.3) is 0 Å². The van der Waals surface area contributed by atoms with Gasteiger partial charge in [0, 0.05) is 13.1 Å². The summed E-state index contributed by atoms with van der Waals surface area (Å²) in [5.74, 6) is -2.16. The number of nitrogens with zero attached hydrogens (tertiary/aromatic N) is 1. The normalized spacial score (nSPS) is 22.6. The molecule has 0 radical (unpaired) electrons. The van der Waals surface area contributed by atoms with E-state index in [1.54, 1.807) is 0 Å². The second-order valence-electron chi connectivity index (χ2n) is 4.82. The van der Waals surface area contributed by atoms with Gasteiger partial charge in [-0.05, 0) is 0 Å². The van der Waals surface area contributed by atoms with Crippen molar-refractivity contribution in [1.29, 1.82) is 0 Å². The fourth-order valence-corrected chi connectivity index (χ4v) is 1.88. The summed E-state index contributed by atoms with van der Waals surface area (Å²) < 4.78 is 10.4. The highest BCUT2D eigenvalue weighted by atomic mass is 16.5. The van der Waals surface area contributed by atoms with Gasteiger partial charge in [-0.25, -0.2) is 0 Å². The molecule has 0 aromatic carbocycles. The number of nitrogens with two attached hydrogens (primary N) is 1. The number of rotatable bonds is 5. The van der Waals surface area contributed by atoms with E-state index in [4.69, 9.17) is 15.2 Å². The van der Waals surface area contributed by atoms with Gasteiger partial charge in [-0.2, -0.15) is 0 Å². The third-order valence-electron chi connectivity index (χ3n) is 3.24. The van der Waals surface area contributed by atoms with E-state index in [-0.39, 0.29) is 26.3 Å². The van der Waals surface area contributed by atoms with Crippen LogP contribution in [-0.4, -0.2) is 101 Å². The molecule has 10 nitrogen and oxygen atoms in total. The Balaban J connectivity index is 2.66. The van der Waals surface area contributed by atoms with Crippen LogP contribution in [0.5, 0.6) is 0 Å². The average molecular weight is 322 g/mol. The maximum atomic E-state index is 12.1. The summed E-state index contributed by atoms with van der Waals surface area (Å²) in [6, 6.07) is 0. The molecule has 4 atom stereocenters. The third kappa shape index (κ3) is 5.16. The van der Waals surface area contributed by atoms with E-state index in [0.29, 0.717) is 13.2 Å². The number of ether oxygens (including phenoxy) is 2. The van der Waals surface area contributed by atoms with Crippen LogP contribution in [0.2, 0.25) is 0 Å². The van der Waals surface area contributed by atoms with Crippen molar-refractivity contribution < 1.29 is 39.5 Å². The van der Waals surface area contributed by atoms with Crippen LogP contribution in [0.1, 0.15) is 0 Å². The standard InChI is InChI=1S/C12H22N2O8/c13-11(19)9(17)7(15)8(16)10(18)12(20)14-1-3-21-5-6-22-4-2-14/h7-10,15-18H,1-6H2,(H2,13,19)/t7-,8+,9+,10-/m1/s1. The zero-order chi connectivity index (χ0) is 16.7. The lowest BCUT2D eigenvalue weighted by Gasteiger charge is -2.29. The average Bonchev–Trinajstić information content (AvgIpc) is 2.64. The molecule has 0 aliphatic carbocycles. The lowest BCUT2D eigenvalue weighted by Crippen LogP contribution is -2.55. The number of carbonyl (C=O) groups is 2. The number of hydrogen-bond acceptors (Lipinski definition) is 8. The van der Waals surface area contributed by atoms with Gasteiger partial charge in [0.15, 0.2) is 12.2 Å². The van der Waals surface area contributed by atoms with E-state index < -0.39 is 36.2 Å². The first kappa shape index (κ1) is 18.7. The quantitative estimate of drug-likeness (QED) is 0.340. The molecule has 1 saturated heterocycles. The molecule has 1 aliphatic rings. The molecule has 1 heterocycles. The van der Waals surface area contributed by atoms with Gasteiger partial charge in [0.1, 0.15) is 12.2 Å². The number of hydrogen-bond donors (Lipinski definition) is 5. The smallest absolute Gasteiger partial charge is 0.254 e. The first-order valence-electron chi connectivity index (χ1n) is 6.82. The molecule has 128 valence electrons. The van der Waals surface area contributed by atoms with E-state index in [0.717, 1.165) is 0 Å². The number of aliphatic hydroxyl groups excluding tert-OH is 4. The Bertz CT molecular complexity index is 370. The van der Waals surface area contributed by atoms with Gasteiger partial charge < -0.3 is 40.5 Å². The van der Waals surface area contributed by atoms with Gasteiger partial charge in [0.25, 0.3) is 5.91 Å². The van der Waals surface area contributed by atoms with Crippen molar-refractivity contribution in [3.63, 3.8) is 0 Å². The molecule has 0 saturated carbocycles. The van der Waals surface area contributed by atoms with E-state index in [2.05, 4.69) is 0 Å². The van der Waals surface area contributed by atoms with Crippen LogP contribution >= 0.6 is 0 Å². The van der Waals surface area contributed by atoms with Crippen LogP contribution in [0.3, 0.4) is 0 Å². The van der Waals surface area contributed by atoms with Gasteiger partial charge in [-0.3, -0.25) is 9.59 Å². The molecule has 22 heavy (non-hydrogen) atoms. The fraction of sp³-hybridized carbons (Fsp3) is 0.833. The van der Waals surface area contributed by atoms with Crippen molar-refractivity contribution in [3.05, 3.63) is 0 Å². The third-order valence-corrected chi connectivity index (χ3v) is 3.24. The summed E-state index contributed by atoms with van der Waals surface area (Å²) in [7, 11) is 0. The van der Waals surface area contributed by atoms with Gasteiger partial charge in [-0.1, -0.05) is 0 Å². The molecule has 0 aromatic heterocycles. The van der Waals surface area contributed by atoms with Crippen molar-refractivity contribution in [2.24, 2.45) is 5.73 Å². The second kappa shape index (κ2) is 8.98. The van der Waals surface area contributed by atoms with Gasteiger partial charge in [0.2, 0.25) is 5.91 Å². The Hall–Kier alpha value is -1.30. The molecule has 0 spiro atoms. The predicted molar refractivity (Wildman–Crippen MR) is 71.4 cm³/mol. The summed E-state index contributed by atoms with van der Waals surface area (Å²) in [6.45, 7) is 1.56. The molecule has 1 rings (SSSR count). The van der Waals surface area contributed by atoms with Gasteiger partial charge in [-0.15, -0.1) is 0 Å². The highest BCUT2D eigenvalue weighted by molar-refractivity contribution is 5.82. The van der Waals surface area contributed by atoms with Crippen molar-refractivity contribution in [3.8, 4) is 0 Å². The summed E-state index contributed by atoms with van der Waals surface area (Å²) in [6.07, 6.45) is -8.27. The first-order chi connectivity index (χ1) is 10.4. The number of amides is 2. The molecule has 0 unspecified atom stereocenters. The zero-order valence-electron chi connectivity index (χ0n) is 12.0. The van der Waals surface area contributed by atoms with Crippen molar-refractivity contribution >= 4 is 11.8 Å². The fourth-order valence-electron chi connectivity index (χ4n) is 1.88. The molecule has 0 bridgehead atoms. The number of carbonyl (C=O) groups excluding carboxylic acids is 2. The van der Waals surface area contributed by atoms with E-state index >= 15 is 0 Å². The maximum absolute atomic E-state index is 12.1. The van der Waals surface area contributed by atoms with E-state index in [1.165, 1.54) is 4.90 Å². The Morgan fingerprint density at radius 1 is 0.864 bits per heavy atom. The Morgan fingerprint density at radius 3 is 1.77 bits per heavy atom. The largest absolute Gasteiger partial charge is 0.387 e. The number of primary amides is 1. The van der Waals surface area contributed by atoms with Crippen LogP contribution in [0.15, 0.2) is 0 Å². The van der Waals surface area contributed by atoms with Gasteiger partial charge >= 0.3 is 0 Å². The predicted octanol–water partition coefficient (Wildman–Crippen LogP) is -4.21. The van der Waals surface area contributed by atoms with E-state index in [1.807, 2.05) is 0 Å². The molecule has 10 heteroatoms. The van der Waals surface area contributed by atoms with Gasteiger partial charge in [0.05, 0.1) is 26.4 Å². The minimum absolute atomic E-state index is 0.167. The molecular weight excluding hydrogens is 300 g/mol. The topological polar surface area (TPSA) is 163 Å². The first-order valence-corrected chi connectivity index (χ1v) is 6.82. The van der Waals surface area contributed by atoms with Crippen molar-refractivity contribution in [2.75, 3.05) is 39.5 Å². The Morgan fingerprint density at radius 2 is 1.32 bits per heavy atom. The minimum atomic E-state index is -2.10. The van der Waals surface area contributed by atoms with Crippen LogP contribution < -0.4 is 5.73 Å². The lowest BCUT2D eigenvalue weighted by atomic mass is 10.0. The van der Waals surface area contributed by atoms with Crippen LogP contribution in [0.4, 0.5) is 0 Å². The zero-order valence-corrected chi connectivity index (χ0v) is 12.0. The molecule has 1 aliphatic heterocycles. The Labute approximate surface area is 127 Å². The highest BCUT2D eigenvalue weighted by Gasteiger charge is 2.38. The van der Waals surface area contributed by atoms with Crippen LogP contribution in [-0.2, 0) is 19.1 Å². The van der Waals surface area contributed by atoms with E-state index in [9.17, 15) is 30.0 Å². The highest BCUT2D eigenvalue weighted by Crippen LogP contribution is 2.09. The minimum Gasteiger partial charge on any atom is -0.387 e. The summed E-state index contributed by atoms with van der Waals surface area (Å²) in [4.78, 5) is 24.1. The van der Waals surface area contributed by atoms with Crippen molar-refractivity contribution in [1.82, 2.24) is 4.90 Å². The lowest BCUT2D eigenvalue weighted by molar-refractivity contribution is -0.161. The Kier molecular flexibility index (Phi) is 7.65. The van der Waals surface area contributed by atoms with Crippen molar-refractivity contribution in [2.45, 2.75) is 24.4 Å². The molecule has 2 amide bonds. The molecule has 0 aromatic rings. The maximum Gasteiger partial charge on any atom is 0.254 e. The SMILES string of the molecule is NC(=O)[C@@H](O)[C@H](O)[C@H](O)[C@@H](O)C(=O)N1CCOCCOCC1. The summed E-state index contributed by atoms with van der Waals surface area (Å²) >= 11 is 0. The number of aliphatic hydroxyl groups is 4. The van der Waals surface area contributed by atoms with Crippen LogP contribution in [0, 0.1) is 0 Å². The molecular formula is C12H22N2O8. The second-order valence-corrected chi connectivity index (χ2v) is 4.82. The summed E-state index contributed by atoms with van der Waals surface area (Å²) in [5.41, 5.74) is 4.78.